The fourth-order valence-electron chi connectivity index (χ4n) is 2.63. The minimum atomic E-state index is 0.627. The van der Waals surface area contributed by atoms with Crippen molar-refractivity contribution >= 4 is 10.9 Å². The molecule has 0 spiro atoms. The SMILES string of the molecule is Cc1ccc2nccc(OCC3CCCNC3)c2c1. The maximum atomic E-state index is 6.03. The first-order valence-electron chi connectivity index (χ1n) is 7.02. The summed E-state index contributed by atoms with van der Waals surface area (Å²) < 4.78 is 6.03. The number of aromatic nitrogens is 1. The van der Waals surface area contributed by atoms with Crippen LogP contribution in [0.25, 0.3) is 10.9 Å². The summed E-state index contributed by atoms with van der Waals surface area (Å²) in [5.74, 6) is 1.58. The second-order valence-electron chi connectivity index (χ2n) is 5.35. The van der Waals surface area contributed by atoms with Crippen LogP contribution in [0.3, 0.4) is 0 Å². The van der Waals surface area contributed by atoms with Gasteiger partial charge in [0.2, 0.25) is 0 Å². The molecule has 0 bridgehead atoms. The molecule has 1 aromatic heterocycles. The van der Waals surface area contributed by atoms with Crippen LogP contribution in [0.15, 0.2) is 30.5 Å². The lowest BCUT2D eigenvalue weighted by atomic mass is 10.0. The molecule has 0 amide bonds. The molecule has 1 fully saturated rings. The smallest absolute Gasteiger partial charge is 0.130 e. The number of benzene rings is 1. The van der Waals surface area contributed by atoms with Crippen LogP contribution in [-0.2, 0) is 0 Å². The number of nitrogens with zero attached hydrogens (tertiary/aromatic N) is 1. The first-order valence-corrected chi connectivity index (χ1v) is 7.02. The van der Waals surface area contributed by atoms with Crippen LogP contribution in [0, 0.1) is 12.8 Å². The first-order chi connectivity index (χ1) is 9.33. The zero-order valence-corrected chi connectivity index (χ0v) is 11.4. The predicted molar refractivity (Wildman–Crippen MR) is 77.6 cm³/mol. The molecule has 0 saturated carbocycles. The highest BCUT2D eigenvalue weighted by Crippen LogP contribution is 2.25. The van der Waals surface area contributed by atoms with E-state index in [1.165, 1.54) is 18.4 Å². The summed E-state index contributed by atoms with van der Waals surface area (Å²) in [7, 11) is 0. The van der Waals surface area contributed by atoms with Gasteiger partial charge in [0.1, 0.15) is 5.75 Å². The number of hydrogen-bond acceptors (Lipinski definition) is 3. The topological polar surface area (TPSA) is 34.1 Å². The molecule has 3 rings (SSSR count). The highest BCUT2D eigenvalue weighted by Gasteiger charge is 2.14. The van der Waals surface area contributed by atoms with Crippen LogP contribution in [0.5, 0.6) is 5.75 Å². The van der Waals surface area contributed by atoms with E-state index in [1.54, 1.807) is 0 Å². The lowest BCUT2D eigenvalue weighted by Crippen LogP contribution is -2.33. The second-order valence-corrected chi connectivity index (χ2v) is 5.35. The Morgan fingerprint density at radius 2 is 2.32 bits per heavy atom. The van der Waals surface area contributed by atoms with Gasteiger partial charge >= 0.3 is 0 Å². The van der Waals surface area contributed by atoms with Crippen molar-refractivity contribution in [2.75, 3.05) is 19.7 Å². The average Bonchev–Trinajstić information content (AvgIpc) is 2.46. The number of fused-ring (bicyclic) bond motifs is 1. The van der Waals surface area contributed by atoms with Gasteiger partial charge in [0.05, 0.1) is 12.1 Å². The normalized spacial score (nSPS) is 19.5. The number of ether oxygens (including phenoxy) is 1. The van der Waals surface area contributed by atoms with Crippen molar-refractivity contribution in [3.05, 3.63) is 36.0 Å². The molecule has 3 nitrogen and oxygen atoms in total. The molecule has 1 N–H and O–H groups in total. The predicted octanol–water partition coefficient (Wildman–Crippen LogP) is 2.92. The van der Waals surface area contributed by atoms with Gasteiger partial charge < -0.3 is 10.1 Å². The van der Waals surface area contributed by atoms with Gasteiger partial charge in [-0.25, -0.2) is 0 Å². The van der Waals surface area contributed by atoms with Crippen molar-refractivity contribution in [2.24, 2.45) is 5.92 Å². The molecule has 19 heavy (non-hydrogen) atoms. The summed E-state index contributed by atoms with van der Waals surface area (Å²) in [5, 5.41) is 4.54. The Bertz CT molecular complexity index is 562. The van der Waals surface area contributed by atoms with Gasteiger partial charge in [0.25, 0.3) is 0 Å². The third kappa shape index (κ3) is 2.87. The molecule has 1 atom stereocenters. The monoisotopic (exact) mass is 256 g/mol. The Morgan fingerprint density at radius 1 is 1.37 bits per heavy atom. The molecular formula is C16H20N2O. The second kappa shape index (κ2) is 5.57. The van der Waals surface area contributed by atoms with Gasteiger partial charge in [-0.05, 0) is 44.5 Å². The Balaban J connectivity index is 1.78. The van der Waals surface area contributed by atoms with Gasteiger partial charge in [0.15, 0.2) is 0 Å². The number of pyridine rings is 1. The maximum absolute atomic E-state index is 6.03. The molecule has 0 aliphatic carbocycles. The summed E-state index contributed by atoms with van der Waals surface area (Å²) in [6.07, 6.45) is 4.34. The summed E-state index contributed by atoms with van der Waals surface area (Å²) in [6, 6.07) is 8.26. The summed E-state index contributed by atoms with van der Waals surface area (Å²) >= 11 is 0. The molecule has 2 aromatic rings. The fourth-order valence-corrected chi connectivity index (χ4v) is 2.63. The van der Waals surface area contributed by atoms with Crippen molar-refractivity contribution in [3.63, 3.8) is 0 Å². The van der Waals surface area contributed by atoms with Gasteiger partial charge in [0, 0.05) is 24.0 Å². The molecule has 3 heteroatoms. The number of rotatable bonds is 3. The van der Waals surface area contributed by atoms with Gasteiger partial charge in [-0.3, -0.25) is 4.98 Å². The van der Waals surface area contributed by atoms with E-state index in [0.29, 0.717) is 5.92 Å². The third-order valence-electron chi connectivity index (χ3n) is 3.73. The number of piperidine rings is 1. The van der Waals surface area contributed by atoms with E-state index < -0.39 is 0 Å². The van der Waals surface area contributed by atoms with Gasteiger partial charge in [-0.1, -0.05) is 11.6 Å². The van der Waals surface area contributed by atoms with E-state index in [1.807, 2.05) is 12.3 Å². The zero-order valence-electron chi connectivity index (χ0n) is 11.4. The van der Waals surface area contributed by atoms with E-state index in [2.05, 4.69) is 35.4 Å². The molecule has 0 radical (unpaired) electrons. The third-order valence-corrected chi connectivity index (χ3v) is 3.73. The number of aryl methyl sites for hydroxylation is 1. The highest BCUT2D eigenvalue weighted by atomic mass is 16.5. The summed E-state index contributed by atoms with van der Waals surface area (Å²) in [4.78, 5) is 4.39. The molecule has 1 unspecified atom stereocenters. The minimum Gasteiger partial charge on any atom is -0.492 e. The summed E-state index contributed by atoms with van der Waals surface area (Å²) in [6.45, 7) is 5.11. The van der Waals surface area contributed by atoms with Crippen molar-refractivity contribution < 1.29 is 4.74 Å². The molecule has 1 aliphatic rings. The van der Waals surface area contributed by atoms with E-state index in [0.717, 1.165) is 36.3 Å². The lowest BCUT2D eigenvalue weighted by molar-refractivity contribution is 0.220. The van der Waals surface area contributed by atoms with Crippen LogP contribution in [0.2, 0.25) is 0 Å². The van der Waals surface area contributed by atoms with Crippen LogP contribution in [-0.4, -0.2) is 24.7 Å². The van der Waals surface area contributed by atoms with Crippen molar-refractivity contribution in [1.29, 1.82) is 0 Å². The Kier molecular flexibility index (Phi) is 3.65. The Morgan fingerprint density at radius 3 is 3.16 bits per heavy atom. The molecule has 2 heterocycles. The molecule has 1 aromatic carbocycles. The average molecular weight is 256 g/mol. The van der Waals surface area contributed by atoms with E-state index >= 15 is 0 Å². The standard InChI is InChI=1S/C16H20N2O/c1-12-4-5-15-14(9-12)16(6-8-18-15)19-11-13-3-2-7-17-10-13/h4-6,8-9,13,17H,2-3,7,10-11H2,1H3. The van der Waals surface area contributed by atoms with Crippen LogP contribution in [0.4, 0.5) is 0 Å². The van der Waals surface area contributed by atoms with Gasteiger partial charge in [-0.15, -0.1) is 0 Å². The quantitative estimate of drug-likeness (QED) is 0.917. The van der Waals surface area contributed by atoms with E-state index in [9.17, 15) is 0 Å². The maximum Gasteiger partial charge on any atom is 0.130 e. The van der Waals surface area contributed by atoms with Crippen LogP contribution in [0.1, 0.15) is 18.4 Å². The number of hydrogen-bond donors (Lipinski definition) is 1. The van der Waals surface area contributed by atoms with Crippen molar-refractivity contribution in [3.8, 4) is 5.75 Å². The highest BCUT2D eigenvalue weighted by molar-refractivity contribution is 5.85. The summed E-state index contributed by atoms with van der Waals surface area (Å²) in [5.41, 5.74) is 2.24. The largest absolute Gasteiger partial charge is 0.492 e. The number of nitrogens with one attached hydrogen (secondary N) is 1. The Labute approximate surface area is 114 Å². The van der Waals surface area contributed by atoms with Gasteiger partial charge in [-0.2, -0.15) is 0 Å². The Hall–Kier alpha value is -1.61. The zero-order chi connectivity index (χ0) is 13.1. The van der Waals surface area contributed by atoms with Crippen LogP contribution < -0.4 is 10.1 Å². The lowest BCUT2D eigenvalue weighted by Gasteiger charge is -2.23. The van der Waals surface area contributed by atoms with Crippen molar-refractivity contribution in [2.45, 2.75) is 19.8 Å². The molecule has 1 aliphatic heterocycles. The molecular weight excluding hydrogens is 236 g/mol. The van der Waals surface area contributed by atoms with E-state index in [-0.39, 0.29) is 0 Å². The van der Waals surface area contributed by atoms with Crippen molar-refractivity contribution in [1.82, 2.24) is 10.3 Å². The molecule has 1 saturated heterocycles. The minimum absolute atomic E-state index is 0.627. The molecule has 100 valence electrons. The van der Waals surface area contributed by atoms with E-state index in [4.69, 9.17) is 4.74 Å². The first kappa shape index (κ1) is 12.4. The fraction of sp³-hybridized carbons (Fsp3) is 0.438. The van der Waals surface area contributed by atoms with Crippen LogP contribution >= 0.6 is 0 Å².